The Hall–Kier alpha value is -2.40. The topological polar surface area (TPSA) is 59.3 Å². The minimum absolute atomic E-state index is 0.235. The first-order valence-electron chi connectivity index (χ1n) is 6.52. The molecule has 0 aliphatic rings. The first kappa shape index (κ1) is 13.6. The highest BCUT2D eigenvalue weighted by atomic mass is 35.5. The largest absolute Gasteiger partial charge is 0.342 e. The minimum atomic E-state index is -0.286. The van der Waals surface area contributed by atoms with Gasteiger partial charge in [0.25, 0.3) is 5.91 Å². The summed E-state index contributed by atoms with van der Waals surface area (Å²) >= 11 is 6.03. The molecule has 0 radical (unpaired) electrons. The third-order valence-corrected chi connectivity index (χ3v) is 3.52. The Labute approximate surface area is 126 Å². The van der Waals surface area contributed by atoms with Crippen LogP contribution in [0.2, 0.25) is 5.02 Å². The average Bonchev–Trinajstić information content (AvgIpc) is 2.91. The number of pyridine rings is 1. The number of hydrogen-bond donors (Lipinski definition) is 1. The summed E-state index contributed by atoms with van der Waals surface area (Å²) in [5.41, 5.74) is 1.19. The molecule has 1 N–H and O–H groups in total. The van der Waals surface area contributed by atoms with Crippen molar-refractivity contribution in [2.75, 3.05) is 0 Å². The van der Waals surface area contributed by atoms with Gasteiger partial charge in [-0.25, -0.2) is 0 Å². The van der Waals surface area contributed by atoms with Crippen LogP contribution >= 0.6 is 11.6 Å². The number of amides is 1. The SMILES string of the molecule is C[C@@H](NC(=O)c1ccccc1Cl)c1nnc2ccccn12. The van der Waals surface area contributed by atoms with Crippen molar-refractivity contribution in [1.82, 2.24) is 19.9 Å². The second-order valence-corrected chi connectivity index (χ2v) is 5.07. The van der Waals surface area contributed by atoms with Crippen molar-refractivity contribution in [1.29, 1.82) is 0 Å². The maximum atomic E-state index is 12.3. The molecule has 5 nitrogen and oxygen atoms in total. The highest BCUT2D eigenvalue weighted by Gasteiger charge is 2.17. The molecule has 3 aromatic rings. The van der Waals surface area contributed by atoms with E-state index in [9.17, 15) is 4.79 Å². The molecular formula is C15H13ClN4O. The van der Waals surface area contributed by atoms with Crippen molar-refractivity contribution in [3.8, 4) is 0 Å². The summed E-state index contributed by atoms with van der Waals surface area (Å²) < 4.78 is 1.84. The smallest absolute Gasteiger partial charge is 0.253 e. The molecule has 0 aliphatic heterocycles. The van der Waals surface area contributed by atoms with Gasteiger partial charge in [0, 0.05) is 6.20 Å². The van der Waals surface area contributed by atoms with Gasteiger partial charge >= 0.3 is 0 Å². The van der Waals surface area contributed by atoms with Gasteiger partial charge in [-0.2, -0.15) is 0 Å². The van der Waals surface area contributed by atoms with E-state index in [0.29, 0.717) is 16.4 Å². The molecule has 106 valence electrons. The van der Waals surface area contributed by atoms with Gasteiger partial charge in [0.15, 0.2) is 11.5 Å². The van der Waals surface area contributed by atoms with Crippen molar-refractivity contribution in [2.45, 2.75) is 13.0 Å². The quantitative estimate of drug-likeness (QED) is 0.809. The van der Waals surface area contributed by atoms with Crippen molar-refractivity contribution in [3.63, 3.8) is 0 Å². The van der Waals surface area contributed by atoms with Crippen LogP contribution in [0.15, 0.2) is 48.7 Å². The molecule has 2 aromatic heterocycles. The van der Waals surface area contributed by atoms with E-state index in [2.05, 4.69) is 15.5 Å². The van der Waals surface area contributed by atoms with Gasteiger partial charge in [0.2, 0.25) is 0 Å². The zero-order chi connectivity index (χ0) is 14.8. The van der Waals surface area contributed by atoms with Crippen molar-refractivity contribution in [3.05, 3.63) is 65.1 Å². The Morgan fingerprint density at radius 1 is 1.19 bits per heavy atom. The first-order valence-corrected chi connectivity index (χ1v) is 6.89. The van der Waals surface area contributed by atoms with Gasteiger partial charge in [-0.1, -0.05) is 29.8 Å². The molecule has 0 saturated heterocycles. The fraction of sp³-hybridized carbons (Fsp3) is 0.133. The fourth-order valence-corrected chi connectivity index (χ4v) is 2.36. The van der Waals surface area contributed by atoms with Crippen molar-refractivity contribution >= 4 is 23.2 Å². The monoisotopic (exact) mass is 300 g/mol. The molecule has 3 rings (SSSR count). The zero-order valence-corrected chi connectivity index (χ0v) is 12.1. The Balaban J connectivity index is 1.85. The van der Waals surface area contributed by atoms with E-state index in [4.69, 9.17) is 11.6 Å². The Morgan fingerprint density at radius 2 is 1.95 bits per heavy atom. The van der Waals surface area contributed by atoms with Crippen LogP contribution in [-0.4, -0.2) is 20.5 Å². The number of rotatable bonds is 3. The molecule has 2 heterocycles. The zero-order valence-electron chi connectivity index (χ0n) is 11.3. The number of nitrogens with zero attached hydrogens (tertiary/aromatic N) is 3. The van der Waals surface area contributed by atoms with E-state index < -0.39 is 0 Å². The van der Waals surface area contributed by atoms with Crippen LogP contribution in [0.3, 0.4) is 0 Å². The van der Waals surface area contributed by atoms with Gasteiger partial charge in [-0.3, -0.25) is 9.20 Å². The fourth-order valence-electron chi connectivity index (χ4n) is 2.14. The second-order valence-electron chi connectivity index (χ2n) is 4.66. The number of hydrogen-bond acceptors (Lipinski definition) is 3. The minimum Gasteiger partial charge on any atom is -0.342 e. The van der Waals surface area contributed by atoms with Crippen LogP contribution in [0.25, 0.3) is 5.65 Å². The molecule has 21 heavy (non-hydrogen) atoms. The summed E-state index contributed by atoms with van der Waals surface area (Å²) in [6, 6.07) is 12.3. The van der Waals surface area contributed by atoms with Crippen LogP contribution in [-0.2, 0) is 0 Å². The van der Waals surface area contributed by atoms with E-state index >= 15 is 0 Å². The summed E-state index contributed by atoms with van der Waals surface area (Å²) in [5, 5.41) is 11.5. The second kappa shape index (κ2) is 5.54. The Kier molecular flexibility index (Phi) is 3.58. The predicted molar refractivity (Wildman–Crippen MR) is 80.3 cm³/mol. The normalized spacial score (nSPS) is 12.3. The van der Waals surface area contributed by atoms with Crippen molar-refractivity contribution < 1.29 is 4.79 Å². The lowest BCUT2D eigenvalue weighted by Gasteiger charge is -2.13. The van der Waals surface area contributed by atoms with Crippen LogP contribution in [0.4, 0.5) is 0 Å². The number of halogens is 1. The molecule has 0 aliphatic carbocycles. The Bertz CT molecular complexity index is 799. The molecule has 1 aromatic carbocycles. The van der Waals surface area contributed by atoms with Crippen LogP contribution in [0.5, 0.6) is 0 Å². The number of carbonyl (C=O) groups excluding carboxylic acids is 1. The van der Waals surface area contributed by atoms with Crippen molar-refractivity contribution in [2.24, 2.45) is 0 Å². The summed E-state index contributed by atoms with van der Waals surface area (Å²) in [7, 11) is 0. The number of carbonyl (C=O) groups is 1. The molecule has 0 unspecified atom stereocenters. The lowest BCUT2D eigenvalue weighted by atomic mass is 10.2. The average molecular weight is 301 g/mol. The van der Waals surface area contributed by atoms with Gasteiger partial charge in [-0.15, -0.1) is 10.2 Å². The number of benzene rings is 1. The summed E-state index contributed by atoms with van der Waals surface area (Å²) in [6.07, 6.45) is 1.86. The number of aromatic nitrogens is 3. The maximum Gasteiger partial charge on any atom is 0.253 e. The van der Waals surface area contributed by atoms with Gasteiger partial charge in [-0.05, 0) is 31.2 Å². The molecule has 0 saturated carbocycles. The summed E-state index contributed by atoms with van der Waals surface area (Å²) in [5.74, 6) is 0.437. The first-order chi connectivity index (χ1) is 10.2. The summed E-state index contributed by atoms with van der Waals surface area (Å²) in [4.78, 5) is 12.3. The lowest BCUT2D eigenvalue weighted by Crippen LogP contribution is -2.28. The maximum absolute atomic E-state index is 12.3. The molecule has 6 heteroatoms. The molecule has 1 amide bonds. The van der Waals surface area contributed by atoms with E-state index in [0.717, 1.165) is 5.65 Å². The van der Waals surface area contributed by atoms with Gasteiger partial charge in [0.05, 0.1) is 16.6 Å². The lowest BCUT2D eigenvalue weighted by molar-refractivity contribution is 0.0938. The molecule has 0 spiro atoms. The standard InChI is InChI=1S/C15H13ClN4O/c1-10(14-19-18-13-8-4-5-9-20(13)14)17-15(21)11-6-2-3-7-12(11)16/h2-10H,1H3,(H,17,21)/t10-/m1/s1. The predicted octanol–water partition coefficient (Wildman–Crippen LogP) is 2.87. The van der Waals surface area contributed by atoms with Crippen LogP contribution in [0, 0.1) is 0 Å². The molecular weight excluding hydrogens is 288 g/mol. The Morgan fingerprint density at radius 3 is 2.76 bits per heavy atom. The van der Waals surface area contributed by atoms with Crippen LogP contribution in [0.1, 0.15) is 29.1 Å². The number of fused-ring (bicyclic) bond motifs is 1. The van der Waals surface area contributed by atoms with E-state index in [1.165, 1.54) is 0 Å². The van der Waals surface area contributed by atoms with E-state index in [1.807, 2.05) is 35.7 Å². The van der Waals surface area contributed by atoms with E-state index in [-0.39, 0.29) is 11.9 Å². The third kappa shape index (κ3) is 2.60. The van der Waals surface area contributed by atoms with Gasteiger partial charge in [0.1, 0.15) is 0 Å². The molecule has 0 bridgehead atoms. The van der Waals surface area contributed by atoms with Crippen LogP contribution < -0.4 is 5.32 Å². The molecule has 1 atom stereocenters. The number of nitrogens with one attached hydrogen (secondary N) is 1. The van der Waals surface area contributed by atoms with Gasteiger partial charge < -0.3 is 5.32 Å². The summed E-state index contributed by atoms with van der Waals surface area (Å²) in [6.45, 7) is 1.86. The molecule has 0 fully saturated rings. The third-order valence-electron chi connectivity index (χ3n) is 3.19. The highest BCUT2D eigenvalue weighted by molar-refractivity contribution is 6.33. The highest BCUT2D eigenvalue weighted by Crippen LogP contribution is 2.17. The van der Waals surface area contributed by atoms with E-state index in [1.54, 1.807) is 24.3 Å².